The van der Waals surface area contributed by atoms with Crippen LogP contribution in [0.25, 0.3) is 10.9 Å². The SMILES string of the molecule is COC(=O)C[C@@H]1CSC(c2cc3cc(CN4CCCC4)cc([N+](=O)[O-])c3[nH]2)=N1. The Kier molecular flexibility index (Phi) is 5.36. The molecule has 1 aromatic carbocycles. The van der Waals surface area contributed by atoms with Crippen molar-refractivity contribution in [2.24, 2.45) is 4.99 Å². The number of aromatic nitrogens is 1. The summed E-state index contributed by atoms with van der Waals surface area (Å²) in [6, 6.07) is 5.49. The number of ether oxygens (including phenoxy) is 1. The molecule has 1 N–H and O–H groups in total. The van der Waals surface area contributed by atoms with Crippen LogP contribution in [0.15, 0.2) is 23.2 Å². The number of methoxy groups -OCH3 is 1. The first-order chi connectivity index (χ1) is 13.5. The number of benzene rings is 1. The van der Waals surface area contributed by atoms with E-state index < -0.39 is 0 Å². The minimum Gasteiger partial charge on any atom is -0.469 e. The third-order valence-corrected chi connectivity index (χ3v) is 6.29. The number of thioether (sulfide) groups is 1. The first kappa shape index (κ1) is 18.9. The highest BCUT2D eigenvalue weighted by Crippen LogP contribution is 2.32. The van der Waals surface area contributed by atoms with Crippen molar-refractivity contribution in [1.82, 2.24) is 9.88 Å². The van der Waals surface area contributed by atoms with E-state index in [2.05, 4.69) is 14.9 Å². The Hall–Kier alpha value is -2.39. The smallest absolute Gasteiger partial charge is 0.307 e. The molecule has 0 radical (unpaired) electrons. The highest BCUT2D eigenvalue weighted by atomic mass is 32.2. The van der Waals surface area contributed by atoms with Gasteiger partial charge in [0.2, 0.25) is 0 Å². The predicted octanol–water partition coefficient (Wildman–Crippen LogP) is 3.10. The number of rotatable bonds is 6. The van der Waals surface area contributed by atoms with E-state index >= 15 is 0 Å². The fourth-order valence-electron chi connectivity index (χ4n) is 3.78. The number of hydrogen-bond donors (Lipinski definition) is 1. The molecule has 28 heavy (non-hydrogen) atoms. The van der Waals surface area contributed by atoms with Crippen LogP contribution < -0.4 is 0 Å². The number of nitro groups is 1. The van der Waals surface area contributed by atoms with Crippen molar-refractivity contribution >= 4 is 39.4 Å². The van der Waals surface area contributed by atoms with Gasteiger partial charge in [-0.25, -0.2) is 0 Å². The second-order valence-electron chi connectivity index (χ2n) is 7.18. The summed E-state index contributed by atoms with van der Waals surface area (Å²) in [5.41, 5.74) is 2.32. The first-order valence-electron chi connectivity index (χ1n) is 9.33. The molecule has 4 rings (SSSR count). The Morgan fingerprint density at radius 2 is 2.18 bits per heavy atom. The monoisotopic (exact) mass is 402 g/mol. The maximum absolute atomic E-state index is 11.6. The van der Waals surface area contributed by atoms with Gasteiger partial charge < -0.3 is 9.72 Å². The summed E-state index contributed by atoms with van der Waals surface area (Å²) >= 11 is 1.55. The van der Waals surface area contributed by atoms with Crippen LogP contribution in [0.3, 0.4) is 0 Å². The molecule has 1 aromatic heterocycles. The molecule has 0 unspecified atom stereocenters. The van der Waals surface area contributed by atoms with Crippen molar-refractivity contribution in [1.29, 1.82) is 0 Å². The minimum absolute atomic E-state index is 0.0904. The number of carbonyl (C=O) groups excluding carboxylic acids is 1. The Balaban J connectivity index is 1.64. The van der Waals surface area contributed by atoms with Crippen molar-refractivity contribution < 1.29 is 14.5 Å². The number of nitrogens with one attached hydrogen (secondary N) is 1. The van der Waals surface area contributed by atoms with E-state index in [0.717, 1.165) is 41.3 Å². The molecule has 3 heterocycles. The van der Waals surface area contributed by atoms with Crippen molar-refractivity contribution in [3.8, 4) is 0 Å². The van der Waals surface area contributed by atoms with Gasteiger partial charge in [-0.1, -0.05) is 0 Å². The number of fused-ring (bicyclic) bond motifs is 1. The van der Waals surface area contributed by atoms with Crippen LogP contribution in [0.2, 0.25) is 0 Å². The summed E-state index contributed by atoms with van der Waals surface area (Å²) in [5.74, 6) is 0.414. The predicted molar refractivity (Wildman–Crippen MR) is 109 cm³/mol. The van der Waals surface area contributed by atoms with Crippen LogP contribution in [0, 0.1) is 10.1 Å². The fourth-order valence-corrected chi connectivity index (χ4v) is 4.81. The molecule has 2 aromatic rings. The van der Waals surface area contributed by atoms with Crippen molar-refractivity contribution in [2.75, 3.05) is 26.0 Å². The number of H-pyrrole nitrogens is 1. The van der Waals surface area contributed by atoms with Gasteiger partial charge in [0.25, 0.3) is 5.69 Å². The zero-order valence-electron chi connectivity index (χ0n) is 15.6. The van der Waals surface area contributed by atoms with E-state index in [1.165, 1.54) is 20.0 Å². The van der Waals surface area contributed by atoms with Crippen LogP contribution in [0.4, 0.5) is 5.69 Å². The maximum atomic E-state index is 11.6. The third kappa shape index (κ3) is 3.90. The zero-order chi connectivity index (χ0) is 19.7. The molecule has 0 amide bonds. The van der Waals surface area contributed by atoms with E-state index in [0.29, 0.717) is 11.3 Å². The average Bonchev–Trinajstić information content (AvgIpc) is 3.41. The molecule has 148 valence electrons. The quantitative estimate of drug-likeness (QED) is 0.453. The highest BCUT2D eigenvalue weighted by molar-refractivity contribution is 8.14. The molecule has 1 saturated heterocycles. The number of likely N-dealkylation sites (tertiary alicyclic amines) is 1. The standard InChI is InChI=1S/C19H22N4O4S/c1-27-17(24)9-14-11-28-19(20-14)15-8-13-6-12(10-22-4-2-3-5-22)7-16(23(25)26)18(13)21-15/h6-8,14,21H,2-5,9-11H2,1H3/t14-/m1/s1. The highest BCUT2D eigenvalue weighted by Gasteiger charge is 2.25. The Morgan fingerprint density at radius 1 is 1.39 bits per heavy atom. The number of carbonyl (C=O) groups is 1. The maximum Gasteiger partial charge on any atom is 0.307 e. The molecule has 1 fully saturated rings. The molecule has 0 spiro atoms. The molecule has 2 aliphatic heterocycles. The summed E-state index contributed by atoms with van der Waals surface area (Å²) in [4.78, 5) is 32.8. The largest absolute Gasteiger partial charge is 0.469 e. The fraction of sp³-hybridized carbons (Fsp3) is 0.474. The van der Waals surface area contributed by atoms with Gasteiger partial charge in [-0.05, 0) is 43.6 Å². The van der Waals surface area contributed by atoms with Gasteiger partial charge in [0.1, 0.15) is 10.6 Å². The lowest BCUT2D eigenvalue weighted by atomic mass is 10.1. The van der Waals surface area contributed by atoms with Gasteiger partial charge in [-0.2, -0.15) is 0 Å². The molecule has 2 aliphatic rings. The number of nitrogens with zero attached hydrogens (tertiary/aromatic N) is 3. The zero-order valence-corrected chi connectivity index (χ0v) is 16.5. The van der Waals surface area contributed by atoms with Crippen LogP contribution in [-0.4, -0.2) is 57.8 Å². The first-order valence-corrected chi connectivity index (χ1v) is 10.3. The lowest BCUT2D eigenvalue weighted by molar-refractivity contribution is -0.383. The number of aliphatic imine (C=N–C) groups is 1. The number of hydrogen-bond acceptors (Lipinski definition) is 7. The molecule has 9 heteroatoms. The van der Waals surface area contributed by atoms with Crippen LogP contribution >= 0.6 is 11.8 Å². The van der Waals surface area contributed by atoms with Crippen LogP contribution in [0.1, 0.15) is 30.5 Å². The summed E-state index contributed by atoms with van der Waals surface area (Å²) in [6.45, 7) is 2.81. The van der Waals surface area contributed by atoms with Crippen molar-refractivity contribution in [3.05, 3.63) is 39.6 Å². The van der Waals surface area contributed by atoms with Gasteiger partial charge in [0.15, 0.2) is 0 Å². The van der Waals surface area contributed by atoms with Crippen molar-refractivity contribution in [2.45, 2.75) is 31.8 Å². The number of esters is 1. The van der Waals surface area contributed by atoms with Crippen LogP contribution in [0.5, 0.6) is 0 Å². The lowest BCUT2D eigenvalue weighted by Crippen LogP contribution is -2.18. The van der Waals surface area contributed by atoms with E-state index in [4.69, 9.17) is 4.74 Å². The van der Waals surface area contributed by atoms with Gasteiger partial charge in [0, 0.05) is 23.8 Å². The molecule has 0 saturated carbocycles. The number of non-ortho nitro benzene ring substituents is 1. The second kappa shape index (κ2) is 7.92. The van der Waals surface area contributed by atoms with E-state index in [1.807, 2.05) is 12.1 Å². The third-order valence-electron chi connectivity index (χ3n) is 5.14. The Labute approximate surface area is 166 Å². The summed E-state index contributed by atoms with van der Waals surface area (Å²) in [7, 11) is 1.37. The van der Waals surface area contributed by atoms with Gasteiger partial charge in [0.05, 0.1) is 30.2 Å². The van der Waals surface area contributed by atoms with Gasteiger partial charge in [-0.3, -0.25) is 24.8 Å². The molecule has 0 aliphatic carbocycles. The number of aromatic amines is 1. The number of nitro benzene ring substituents is 1. The molecule has 0 bridgehead atoms. The molecular weight excluding hydrogens is 380 g/mol. The van der Waals surface area contributed by atoms with Crippen LogP contribution in [-0.2, 0) is 16.1 Å². The Morgan fingerprint density at radius 3 is 2.89 bits per heavy atom. The van der Waals surface area contributed by atoms with Gasteiger partial charge >= 0.3 is 5.97 Å². The summed E-state index contributed by atoms with van der Waals surface area (Å²) in [5, 5.41) is 13.2. The normalized spacial score (nSPS) is 19.9. The van der Waals surface area contributed by atoms with E-state index in [9.17, 15) is 14.9 Å². The average molecular weight is 402 g/mol. The second-order valence-corrected chi connectivity index (χ2v) is 8.19. The minimum atomic E-state index is -0.334. The van der Waals surface area contributed by atoms with Gasteiger partial charge in [-0.15, -0.1) is 11.8 Å². The molecule has 1 atom stereocenters. The van der Waals surface area contributed by atoms with Crippen molar-refractivity contribution in [3.63, 3.8) is 0 Å². The summed E-state index contributed by atoms with van der Waals surface area (Å²) < 4.78 is 4.71. The van der Waals surface area contributed by atoms with E-state index in [1.54, 1.807) is 17.8 Å². The van der Waals surface area contributed by atoms with E-state index in [-0.39, 0.29) is 29.0 Å². The molecule has 8 nitrogen and oxygen atoms in total. The topological polar surface area (TPSA) is 101 Å². The Bertz CT molecular complexity index is 949. The summed E-state index contributed by atoms with van der Waals surface area (Å²) in [6.07, 6.45) is 2.61. The lowest BCUT2D eigenvalue weighted by Gasteiger charge is -2.14. The molecular formula is C19H22N4O4S.